The lowest BCUT2D eigenvalue weighted by Gasteiger charge is -2.16. The molecule has 0 aliphatic carbocycles. The Morgan fingerprint density at radius 3 is 2.44 bits per heavy atom. The summed E-state index contributed by atoms with van der Waals surface area (Å²) in [7, 11) is 1.46. The molecule has 8 nitrogen and oxygen atoms in total. The summed E-state index contributed by atoms with van der Waals surface area (Å²) in [6.45, 7) is 3.14. The first kappa shape index (κ1) is 18.4. The quantitative estimate of drug-likeness (QED) is 0.595. The van der Waals surface area contributed by atoms with E-state index >= 15 is 0 Å². The second kappa shape index (κ2) is 7.78. The SMILES string of the molecule is Cc1ccc(CNC(=O)[C@H](C)OC(=O)CN2C(=O)CN(C)C2=O)cc1. The van der Waals surface area contributed by atoms with E-state index in [-0.39, 0.29) is 6.54 Å². The normalized spacial score (nSPS) is 15.3. The molecule has 1 fully saturated rings. The number of benzene rings is 1. The fourth-order valence-electron chi connectivity index (χ4n) is 2.28. The van der Waals surface area contributed by atoms with Crippen LogP contribution in [0, 0.1) is 6.92 Å². The van der Waals surface area contributed by atoms with E-state index in [2.05, 4.69) is 5.32 Å². The number of ether oxygens (including phenoxy) is 1. The molecule has 1 aromatic carbocycles. The molecule has 2 rings (SSSR count). The van der Waals surface area contributed by atoms with Crippen molar-refractivity contribution >= 4 is 23.8 Å². The van der Waals surface area contributed by atoms with Gasteiger partial charge in [-0.1, -0.05) is 29.8 Å². The Kier molecular flexibility index (Phi) is 5.74. The first-order valence-corrected chi connectivity index (χ1v) is 7.86. The zero-order valence-corrected chi connectivity index (χ0v) is 14.4. The van der Waals surface area contributed by atoms with Gasteiger partial charge in [-0.3, -0.25) is 19.3 Å². The fraction of sp³-hybridized carbons (Fsp3) is 0.412. The van der Waals surface area contributed by atoms with Crippen LogP contribution in [-0.2, 0) is 25.7 Å². The van der Waals surface area contributed by atoms with E-state index in [1.807, 2.05) is 31.2 Å². The molecule has 0 saturated carbocycles. The van der Waals surface area contributed by atoms with Crippen LogP contribution in [0.4, 0.5) is 4.79 Å². The van der Waals surface area contributed by atoms with E-state index in [0.29, 0.717) is 6.54 Å². The highest BCUT2D eigenvalue weighted by Gasteiger charge is 2.35. The van der Waals surface area contributed by atoms with Crippen molar-refractivity contribution in [2.24, 2.45) is 0 Å². The molecule has 25 heavy (non-hydrogen) atoms. The van der Waals surface area contributed by atoms with Gasteiger partial charge >= 0.3 is 12.0 Å². The average Bonchev–Trinajstić information content (AvgIpc) is 2.80. The third kappa shape index (κ3) is 4.79. The number of hydrogen-bond donors (Lipinski definition) is 1. The maximum atomic E-state index is 12.0. The predicted octanol–water partition coefficient (Wildman–Crippen LogP) is 0.437. The number of hydrogen-bond acceptors (Lipinski definition) is 5. The molecular formula is C17H21N3O5. The predicted molar refractivity (Wildman–Crippen MR) is 88.3 cm³/mol. The van der Waals surface area contributed by atoms with E-state index < -0.39 is 36.5 Å². The number of imide groups is 1. The number of rotatable bonds is 6. The minimum Gasteiger partial charge on any atom is -0.451 e. The summed E-state index contributed by atoms with van der Waals surface area (Å²) in [5.74, 6) is -1.74. The van der Waals surface area contributed by atoms with Crippen molar-refractivity contribution in [3.63, 3.8) is 0 Å². The van der Waals surface area contributed by atoms with E-state index in [1.165, 1.54) is 18.9 Å². The molecule has 0 spiro atoms. The topological polar surface area (TPSA) is 96.0 Å². The molecular weight excluding hydrogens is 326 g/mol. The summed E-state index contributed by atoms with van der Waals surface area (Å²) in [4.78, 5) is 49.2. The van der Waals surface area contributed by atoms with Crippen LogP contribution in [0.3, 0.4) is 0 Å². The Hall–Kier alpha value is -2.90. The lowest BCUT2D eigenvalue weighted by Crippen LogP contribution is -2.40. The number of likely N-dealkylation sites (N-methyl/N-ethyl adjacent to an activating group) is 1. The number of carbonyl (C=O) groups excluding carboxylic acids is 4. The third-order valence-corrected chi connectivity index (χ3v) is 3.78. The summed E-state index contributed by atoms with van der Waals surface area (Å²) < 4.78 is 5.00. The van der Waals surface area contributed by atoms with Gasteiger partial charge in [0.25, 0.3) is 11.8 Å². The number of aryl methyl sites for hydroxylation is 1. The maximum absolute atomic E-state index is 12.0. The summed E-state index contributed by atoms with van der Waals surface area (Å²) in [6, 6.07) is 7.11. The Morgan fingerprint density at radius 1 is 1.24 bits per heavy atom. The summed E-state index contributed by atoms with van der Waals surface area (Å²) >= 11 is 0. The fourth-order valence-corrected chi connectivity index (χ4v) is 2.28. The molecule has 1 aliphatic heterocycles. The number of esters is 1. The van der Waals surface area contributed by atoms with Crippen molar-refractivity contribution in [1.82, 2.24) is 15.1 Å². The second-order valence-corrected chi connectivity index (χ2v) is 5.95. The zero-order chi connectivity index (χ0) is 18.6. The van der Waals surface area contributed by atoms with Crippen molar-refractivity contribution in [2.45, 2.75) is 26.5 Å². The molecule has 1 N–H and O–H groups in total. The molecule has 0 radical (unpaired) electrons. The summed E-state index contributed by atoms with van der Waals surface area (Å²) in [6.07, 6.45) is -1.02. The van der Waals surface area contributed by atoms with Crippen LogP contribution >= 0.6 is 0 Å². The molecule has 134 valence electrons. The molecule has 1 aromatic rings. The lowest BCUT2D eigenvalue weighted by molar-refractivity contribution is -0.156. The highest BCUT2D eigenvalue weighted by atomic mass is 16.5. The molecule has 1 heterocycles. The van der Waals surface area contributed by atoms with E-state index in [1.54, 1.807) is 0 Å². The van der Waals surface area contributed by atoms with Crippen LogP contribution in [0.1, 0.15) is 18.1 Å². The number of amides is 4. The van der Waals surface area contributed by atoms with Crippen molar-refractivity contribution in [3.05, 3.63) is 35.4 Å². The van der Waals surface area contributed by atoms with Gasteiger partial charge in [0.1, 0.15) is 13.1 Å². The zero-order valence-electron chi connectivity index (χ0n) is 14.4. The molecule has 4 amide bonds. The van der Waals surface area contributed by atoms with Gasteiger partial charge in [-0.15, -0.1) is 0 Å². The van der Waals surface area contributed by atoms with E-state index in [0.717, 1.165) is 16.0 Å². The highest BCUT2D eigenvalue weighted by Crippen LogP contribution is 2.08. The smallest absolute Gasteiger partial charge is 0.327 e. The number of urea groups is 1. The Labute approximate surface area is 145 Å². The van der Waals surface area contributed by atoms with Crippen LogP contribution in [0.15, 0.2) is 24.3 Å². The maximum Gasteiger partial charge on any atom is 0.327 e. The van der Waals surface area contributed by atoms with Gasteiger partial charge in [0.15, 0.2) is 6.10 Å². The van der Waals surface area contributed by atoms with Gasteiger partial charge in [-0.25, -0.2) is 4.79 Å². The Morgan fingerprint density at radius 2 is 1.88 bits per heavy atom. The molecule has 0 unspecified atom stereocenters. The largest absolute Gasteiger partial charge is 0.451 e. The molecule has 0 bridgehead atoms. The van der Waals surface area contributed by atoms with Crippen molar-refractivity contribution in [1.29, 1.82) is 0 Å². The second-order valence-electron chi connectivity index (χ2n) is 5.95. The van der Waals surface area contributed by atoms with Gasteiger partial charge in [0.2, 0.25) is 0 Å². The molecule has 1 atom stereocenters. The number of carbonyl (C=O) groups is 4. The Balaban J connectivity index is 1.80. The van der Waals surface area contributed by atoms with Crippen LogP contribution in [0.25, 0.3) is 0 Å². The summed E-state index contributed by atoms with van der Waals surface area (Å²) in [5.41, 5.74) is 2.04. The van der Waals surface area contributed by atoms with Crippen molar-refractivity contribution in [3.8, 4) is 0 Å². The van der Waals surface area contributed by atoms with Crippen molar-refractivity contribution in [2.75, 3.05) is 20.1 Å². The van der Waals surface area contributed by atoms with E-state index in [9.17, 15) is 19.2 Å². The minimum atomic E-state index is -1.02. The van der Waals surface area contributed by atoms with Gasteiger partial charge in [-0.05, 0) is 19.4 Å². The molecule has 1 aliphatic rings. The highest BCUT2D eigenvalue weighted by molar-refractivity contribution is 6.04. The minimum absolute atomic E-state index is 0.0707. The van der Waals surface area contributed by atoms with Crippen LogP contribution in [-0.4, -0.2) is 59.9 Å². The third-order valence-electron chi connectivity index (χ3n) is 3.78. The summed E-state index contributed by atoms with van der Waals surface area (Å²) in [5, 5.41) is 2.67. The first-order chi connectivity index (χ1) is 11.8. The van der Waals surface area contributed by atoms with Gasteiger partial charge in [-0.2, -0.15) is 0 Å². The van der Waals surface area contributed by atoms with Gasteiger partial charge in [0, 0.05) is 13.6 Å². The monoisotopic (exact) mass is 347 g/mol. The Bertz CT molecular complexity index is 686. The molecule has 1 saturated heterocycles. The van der Waals surface area contributed by atoms with Crippen LogP contribution in [0.2, 0.25) is 0 Å². The first-order valence-electron chi connectivity index (χ1n) is 7.86. The number of nitrogens with one attached hydrogen (secondary N) is 1. The standard InChI is InChI=1S/C17H21N3O5/c1-11-4-6-13(7-5-11)8-18-16(23)12(2)25-15(22)10-20-14(21)9-19(3)17(20)24/h4-7,12H,8-10H2,1-3H3,(H,18,23)/t12-/m0/s1. The lowest BCUT2D eigenvalue weighted by atomic mass is 10.1. The van der Waals surface area contributed by atoms with Gasteiger partial charge < -0.3 is 15.0 Å². The van der Waals surface area contributed by atoms with Gasteiger partial charge in [0.05, 0.1) is 0 Å². The van der Waals surface area contributed by atoms with Crippen molar-refractivity contribution < 1.29 is 23.9 Å². The van der Waals surface area contributed by atoms with E-state index in [4.69, 9.17) is 4.74 Å². The number of nitrogens with zero attached hydrogens (tertiary/aromatic N) is 2. The van der Waals surface area contributed by atoms with Crippen LogP contribution in [0.5, 0.6) is 0 Å². The molecule has 0 aromatic heterocycles. The average molecular weight is 347 g/mol. The molecule has 8 heteroatoms. The van der Waals surface area contributed by atoms with Crippen LogP contribution < -0.4 is 5.32 Å².